The third-order valence-electron chi connectivity index (χ3n) is 4.50. The second kappa shape index (κ2) is 9.82. The van der Waals surface area contributed by atoms with Crippen molar-refractivity contribution in [3.05, 3.63) is 54.6 Å². The van der Waals surface area contributed by atoms with Gasteiger partial charge in [0.15, 0.2) is 0 Å². The van der Waals surface area contributed by atoms with Crippen LogP contribution in [0.1, 0.15) is 26.7 Å². The smallest absolute Gasteiger partial charge is 0.410 e. The van der Waals surface area contributed by atoms with Gasteiger partial charge in [0.1, 0.15) is 6.04 Å². The highest BCUT2D eigenvalue weighted by Gasteiger charge is 2.35. The number of amides is 2. The summed E-state index contributed by atoms with van der Waals surface area (Å²) in [6, 6.07) is 16.1. The van der Waals surface area contributed by atoms with Crippen LogP contribution >= 0.6 is 0 Å². The zero-order valence-corrected chi connectivity index (χ0v) is 16.7. The van der Waals surface area contributed by atoms with E-state index in [1.807, 2.05) is 44.2 Å². The summed E-state index contributed by atoms with van der Waals surface area (Å²) in [6.45, 7) is 4.84. The summed E-state index contributed by atoms with van der Waals surface area (Å²) < 4.78 is 5.28. The number of nitrogens with zero attached hydrogens (tertiary/aromatic N) is 3. The summed E-state index contributed by atoms with van der Waals surface area (Å²) >= 11 is 0. The average Bonchev–Trinajstić information content (AvgIpc) is 3.22. The van der Waals surface area contributed by atoms with Crippen LogP contribution in [0, 0.1) is 5.92 Å². The molecule has 2 aromatic carbocycles. The molecule has 7 heteroatoms. The van der Waals surface area contributed by atoms with E-state index in [4.69, 9.17) is 4.74 Å². The third-order valence-corrected chi connectivity index (χ3v) is 4.50. The number of hydrogen-bond acceptors (Lipinski definition) is 5. The second-order valence-corrected chi connectivity index (χ2v) is 7.39. The lowest BCUT2D eigenvalue weighted by molar-refractivity contribution is -0.120. The maximum Gasteiger partial charge on any atom is 0.410 e. The molecule has 0 bridgehead atoms. The predicted molar refractivity (Wildman–Crippen MR) is 112 cm³/mol. The molecule has 0 aromatic heterocycles. The number of rotatable bonds is 6. The molecule has 3 rings (SSSR count). The van der Waals surface area contributed by atoms with Crippen molar-refractivity contribution in [1.82, 2.24) is 4.90 Å². The fraction of sp³-hybridized carbons (Fsp3) is 0.364. The van der Waals surface area contributed by atoms with E-state index in [-0.39, 0.29) is 11.8 Å². The van der Waals surface area contributed by atoms with Gasteiger partial charge in [-0.15, -0.1) is 0 Å². The number of anilines is 1. The van der Waals surface area contributed by atoms with Gasteiger partial charge in [-0.25, -0.2) is 4.79 Å². The van der Waals surface area contributed by atoms with E-state index in [1.165, 1.54) is 4.90 Å². The van der Waals surface area contributed by atoms with Crippen molar-refractivity contribution in [2.24, 2.45) is 16.1 Å². The second-order valence-electron chi connectivity index (χ2n) is 7.39. The fourth-order valence-electron chi connectivity index (χ4n) is 3.03. The largest absolute Gasteiger partial charge is 0.449 e. The van der Waals surface area contributed by atoms with Gasteiger partial charge in [0.25, 0.3) is 0 Å². The molecule has 2 amide bonds. The van der Waals surface area contributed by atoms with Crippen molar-refractivity contribution in [2.45, 2.75) is 32.7 Å². The van der Waals surface area contributed by atoms with Gasteiger partial charge in [0, 0.05) is 12.2 Å². The Morgan fingerprint density at radius 2 is 1.72 bits per heavy atom. The molecule has 0 unspecified atom stereocenters. The minimum atomic E-state index is -0.507. The third kappa shape index (κ3) is 5.88. The van der Waals surface area contributed by atoms with E-state index in [9.17, 15) is 9.59 Å². The lowest BCUT2D eigenvalue weighted by Gasteiger charge is -2.23. The summed E-state index contributed by atoms with van der Waals surface area (Å²) in [5.74, 6) is 0.0500. The fourth-order valence-corrected chi connectivity index (χ4v) is 3.03. The Morgan fingerprint density at radius 1 is 1.07 bits per heavy atom. The highest BCUT2D eigenvalue weighted by atomic mass is 16.6. The molecule has 29 heavy (non-hydrogen) atoms. The zero-order chi connectivity index (χ0) is 20.6. The molecule has 2 aromatic rings. The first-order chi connectivity index (χ1) is 14.0. The van der Waals surface area contributed by atoms with Gasteiger partial charge < -0.3 is 10.1 Å². The van der Waals surface area contributed by atoms with Crippen molar-refractivity contribution < 1.29 is 14.3 Å². The molecule has 152 valence electrons. The molecule has 1 fully saturated rings. The lowest BCUT2D eigenvalue weighted by Crippen LogP contribution is -2.43. The first kappa shape index (κ1) is 20.5. The number of nitrogens with one attached hydrogen (secondary N) is 1. The van der Waals surface area contributed by atoms with Crippen molar-refractivity contribution in [3.8, 4) is 0 Å². The molecule has 1 heterocycles. The number of ether oxygens (including phenoxy) is 1. The molecule has 1 aliphatic rings. The van der Waals surface area contributed by atoms with Crippen molar-refractivity contribution in [3.63, 3.8) is 0 Å². The normalized spacial score (nSPS) is 16.4. The number of azo groups is 1. The van der Waals surface area contributed by atoms with Crippen LogP contribution in [0.3, 0.4) is 0 Å². The molecule has 0 radical (unpaired) electrons. The Morgan fingerprint density at radius 3 is 2.38 bits per heavy atom. The molecular weight excluding hydrogens is 368 g/mol. The van der Waals surface area contributed by atoms with Crippen LogP contribution in [-0.2, 0) is 9.53 Å². The van der Waals surface area contributed by atoms with Crippen molar-refractivity contribution >= 4 is 29.1 Å². The summed E-state index contributed by atoms with van der Waals surface area (Å²) in [7, 11) is 0. The highest BCUT2D eigenvalue weighted by Crippen LogP contribution is 2.23. The van der Waals surface area contributed by atoms with E-state index in [2.05, 4.69) is 15.5 Å². The molecule has 1 saturated heterocycles. The number of carbonyl (C=O) groups excluding carboxylic acids is 2. The van der Waals surface area contributed by atoms with Crippen molar-refractivity contribution in [2.75, 3.05) is 18.5 Å². The van der Waals surface area contributed by atoms with Gasteiger partial charge in [0.2, 0.25) is 5.91 Å². The van der Waals surface area contributed by atoms with Gasteiger partial charge in [-0.05, 0) is 55.2 Å². The molecule has 0 aliphatic carbocycles. The van der Waals surface area contributed by atoms with E-state index < -0.39 is 12.1 Å². The van der Waals surface area contributed by atoms with Crippen LogP contribution in [0.4, 0.5) is 21.9 Å². The Kier molecular flexibility index (Phi) is 6.94. The van der Waals surface area contributed by atoms with Gasteiger partial charge in [-0.1, -0.05) is 32.0 Å². The number of likely N-dealkylation sites (tertiary alicyclic amines) is 1. The Bertz CT molecular complexity index is 850. The van der Waals surface area contributed by atoms with Crippen LogP contribution in [0.15, 0.2) is 64.8 Å². The Balaban J connectivity index is 1.57. The Labute approximate surface area is 170 Å². The summed E-state index contributed by atoms with van der Waals surface area (Å²) in [5.41, 5.74) is 2.11. The summed E-state index contributed by atoms with van der Waals surface area (Å²) in [4.78, 5) is 26.4. The number of benzene rings is 2. The monoisotopic (exact) mass is 394 g/mol. The standard InChI is InChI=1S/C22H26N4O3/c1-16(2)15-29-22(28)26-14-6-9-20(26)21(27)23-17-10-12-19(13-11-17)25-24-18-7-4-3-5-8-18/h3-5,7-8,10-13,16,20H,6,9,14-15H2,1-2H3,(H,23,27)/t20-/m0/s1. The molecule has 1 N–H and O–H groups in total. The van der Waals surface area contributed by atoms with Crippen LogP contribution in [-0.4, -0.2) is 36.1 Å². The number of carbonyl (C=O) groups is 2. The van der Waals surface area contributed by atoms with E-state index >= 15 is 0 Å². The van der Waals surface area contributed by atoms with Gasteiger partial charge in [0.05, 0.1) is 18.0 Å². The lowest BCUT2D eigenvalue weighted by atomic mass is 10.2. The highest BCUT2D eigenvalue weighted by molar-refractivity contribution is 5.97. The Hall–Kier alpha value is -3.22. The van der Waals surface area contributed by atoms with Gasteiger partial charge in [-0.3, -0.25) is 9.69 Å². The summed E-state index contributed by atoms with van der Waals surface area (Å²) in [6.07, 6.45) is 0.993. The molecule has 1 atom stereocenters. The van der Waals surface area contributed by atoms with Crippen molar-refractivity contribution in [1.29, 1.82) is 0 Å². The molecule has 7 nitrogen and oxygen atoms in total. The van der Waals surface area contributed by atoms with Gasteiger partial charge in [-0.2, -0.15) is 10.2 Å². The molecule has 0 spiro atoms. The zero-order valence-electron chi connectivity index (χ0n) is 16.7. The molecular formula is C22H26N4O3. The number of hydrogen-bond donors (Lipinski definition) is 1. The quantitative estimate of drug-likeness (QED) is 0.675. The predicted octanol–water partition coefficient (Wildman–Crippen LogP) is 5.30. The summed E-state index contributed by atoms with van der Waals surface area (Å²) in [5, 5.41) is 11.2. The van der Waals surface area contributed by atoms with Crippen LogP contribution < -0.4 is 5.32 Å². The average molecular weight is 394 g/mol. The van der Waals surface area contributed by atoms with E-state index in [0.29, 0.717) is 30.9 Å². The SMILES string of the molecule is CC(C)COC(=O)N1CCC[C@H]1C(=O)Nc1ccc(N=Nc2ccccc2)cc1. The maximum atomic E-state index is 12.7. The first-order valence-corrected chi connectivity index (χ1v) is 9.84. The minimum Gasteiger partial charge on any atom is -0.449 e. The maximum absolute atomic E-state index is 12.7. The van der Waals surface area contributed by atoms with Crippen LogP contribution in [0.25, 0.3) is 0 Å². The van der Waals surface area contributed by atoms with E-state index in [1.54, 1.807) is 24.3 Å². The van der Waals surface area contributed by atoms with E-state index in [0.717, 1.165) is 12.1 Å². The first-order valence-electron chi connectivity index (χ1n) is 9.84. The minimum absolute atomic E-state index is 0.206. The topological polar surface area (TPSA) is 83.4 Å². The molecule has 1 aliphatic heterocycles. The van der Waals surface area contributed by atoms with Gasteiger partial charge >= 0.3 is 6.09 Å². The molecule has 0 saturated carbocycles. The van der Waals surface area contributed by atoms with Crippen LogP contribution in [0.2, 0.25) is 0 Å². The van der Waals surface area contributed by atoms with Crippen LogP contribution in [0.5, 0.6) is 0 Å².